The Morgan fingerprint density at radius 1 is 1.18 bits per heavy atom. The van der Waals surface area contributed by atoms with Crippen molar-refractivity contribution in [3.63, 3.8) is 0 Å². The van der Waals surface area contributed by atoms with Crippen LogP contribution in [0.4, 0.5) is 5.69 Å². The molecule has 2 N–H and O–H groups in total. The largest absolute Gasteiger partial charge is 0.469 e. The third kappa shape index (κ3) is 7.22. The van der Waals surface area contributed by atoms with E-state index in [1.165, 1.54) is 5.69 Å². The molecule has 6 heteroatoms. The molecule has 3 rings (SSSR count). The summed E-state index contributed by atoms with van der Waals surface area (Å²) < 4.78 is 5.40. The van der Waals surface area contributed by atoms with E-state index in [9.17, 15) is 0 Å². The molecule has 1 aromatic carbocycles. The predicted molar refractivity (Wildman–Crippen MR) is 128 cm³/mol. The van der Waals surface area contributed by atoms with Crippen LogP contribution in [0.1, 0.15) is 25.5 Å². The number of aliphatic imine (C=N–C) groups is 1. The highest BCUT2D eigenvalue weighted by atomic mass is 127. The summed E-state index contributed by atoms with van der Waals surface area (Å²) in [5.41, 5.74) is 2.37. The highest BCUT2D eigenvalue weighted by Crippen LogP contribution is 2.19. The number of para-hydroxylation sites is 1. The lowest BCUT2D eigenvalue weighted by Crippen LogP contribution is -2.49. The fraction of sp³-hybridized carbons (Fsp3) is 0.409. The SMILES string of the molecule is C=C(C)CN=C(NCCc1ccco1)NC1CCN(c2ccccc2)CC1.I. The lowest BCUT2D eigenvalue weighted by molar-refractivity contribution is 0.460. The molecular formula is C22H31IN4O. The first-order valence-electron chi connectivity index (χ1n) is 9.72. The van der Waals surface area contributed by atoms with Crippen molar-refractivity contribution in [3.05, 3.63) is 66.6 Å². The second kappa shape index (κ2) is 11.8. The molecule has 0 radical (unpaired) electrons. The summed E-state index contributed by atoms with van der Waals surface area (Å²) in [5, 5.41) is 7.03. The van der Waals surface area contributed by atoms with Gasteiger partial charge < -0.3 is 20.0 Å². The maximum Gasteiger partial charge on any atom is 0.191 e. The number of guanidine groups is 1. The summed E-state index contributed by atoms with van der Waals surface area (Å²) in [6.07, 6.45) is 4.75. The number of benzene rings is 1. The quantitative estimate of drug-likeness (QED) is 0.262. The number of anilines is 1. The lowest BCUT2D eigenvalue weighted by atomic mass is 10.0. The minimum atomic E-state index is 0. The molecule has 0 saturated carbocycles. The Labute approximate surface area is 185 Å². The lowest BCUT2D eigenvalue weighted by Gasteiger charge is -2.34. The van der Waals surface area contributed by atoms with Gasteiger partial charge in [-0.1, -0.05) is 30.4 Å². The van der Waals surface area contributed by atoms with Crippen LogP contribution in [0.25, 0.3) is 0 Å². The van der Waals surface area contributed by atoms with E-state index in [1.54, 1.807) is 6.26 Å². The zero-order valence-electron chi connectivity index (χ0n) is 16.6. The van der Waals surface area contributed by atoms with Gasteiger partial charge in [-0.25, -0.2) is 4.99 Å². The van der Waals surface area contributed by atoms with Gasteiger partial charge >= 0.3 is 0 Å². The number of nitrogens with zero attached hydrogens (tertiary/aromatic N) is 2. The van der Waals surface area contributed by atoms with Gasteiger partial charge in [-0.3, -0.25) is 0 Å². The Balaban J connectivity index is 0.00000280. The molecule has 0 spiro atoms. The first-order valence-corrected chi connectivity index (χ1v) is 9.72. The maximum atomic E-state index is 5.40. The summed E-state index contributed by atoms with van der Waals surface area (Å²) in [5.74, 6) is 1.85. The average Bonchev–Trinajstić information content (AvgIpc) is 3.21. The molecule has 0 atom stereocenters. The molecule has 1 saturated heterocycles. The Kier molecular flexibility index (Phi) is 9.40. The Morgan fingerprint density at radius 2 is 1.93 bits per heavy atom. The van der Waals surface area contributed by atoms with Crippen molar-refractivity contribution in [3.8, 4) is 0 Å². The van der Waals surface area contributed by atoms with Crippen LogP contribution >= 0.6 is 24.0 Å². The van der Waals surface area contributed by atoms with Crippen LogP contribution in [0, 0.1) is 0 Å². The van der Waals surface area contributed by atoms with Crippen LogP contribution in [-0.4, -0.2) is 38.2 Å². The molecule has 1 aromatic heterocycles. The van der Waals surface area contributed by atoms with Gasteiger partial charge in [0.15, 0.2) is 5.96 Å². The van der Waals surface area contributed by atoms with Crippen LogP contribution in [-0.2, 0) is 6.42 Å². The molecule has 1 aliphatic heterocycles. The van der Waals surface area contributed by atoms with E-state index in [4.69, 9.17) is 4.42 Å². The molecule has 1 fully saturated rings. The number of rotatable bonds is 7. The molecule has 0 amide bonds. The van der Waals surface area contributed by atoms with E-state index in [0.29, 0.717) is 12.6 Å². The number of furan rings is 1. The Hall–Kier alpha value is -1.96. The molecule has 0 unspecified atom stereocenters. The number of hydrogen-bond donors (Lipinski definition) is 2. The normalized spacial score (nSPS) is 15.0. The summed E-state index contributed by atoms with van der Waals surface area (Å²) in [6.45, 7) is 9.50. The van der Waals surface area contributed by atoms with E-state index in [2.05, 4.69) is 57.4 Å². The van der Waals surface area contributed by atoms with E-state index >= 15 is 0 Å². The molecule has 5 nitrogen and oxygen atoms in total. The molecule has 0 aliphatic carbocycles. The van der Waals surface area contributed by atoms with Crippen LogP contribution in [0.5, 0.6) is 0 Å². The van der Waals surface area contributed by atoms with Crippen molar-refractivity contribution >= 4 is 35.6 Å². The molecule has 2 heterocycles. The number of hydrogen-bond acceptors (Lipinski definition) is 3. The Morgan fingerprint density at radius 3 is 2.57 bits per heavy atom. The highest BCUT2D eigenvalue weighted by molar-refractivity contribution is 14.0. The van der Waals surface area contributed by atoms with E-state index < -0.39 is 0 Å². The first-order chi connectivity index (χ1) is 13.2. The second-order valence-corrected chi connectivity index (χ2v) is 7.12. The Bertz CT molecular complexity index is 722. The topological polar surface area (TPSA) is 52.8 Å². The van der Waals surface area contributed by atoms with Gasteiger partial charge in [-0.05, 0) is 44.0 Å². The molecule has 152 valence electrons. The van der Waals surface area contributed by atoms with Crippen molar-refractivity contribution in [2.45, 2.75) is 32.2 Å². The average molecular weight is 494 g/mol. The summed E-state index contributed by atoms with van der Waals surface area (Å²) >= 11 is 0. The monoisotopic (exact) mass is 494 g/mol. The molecule has 2 aromatic rings. The molecular weight excluding hydrogens is 463 g/mol. The standard InChI is InChI=1S/C22H30N4O.HI/c1-18(2)17-24-22(23-13-10-21-9-6-16-27-21)25-19-11-14-26(15-12-19)20-7-4-3-5-8-20;/h3-9,16,19H,1,10-15,17H2,2H3,(H2,23,24,25);1H. The maximum absolute atomic E-state index is 5.40. The minimum Gasteiger partial charge on any atom is -0.469 e. The zero-order valence-corrected chi connectivity index (χ0v) is 18.9. The van der Waals surface area contributed by atoms with E-state index in [0.717, 1.165) is 56.2 Å². The van der Waals surface area contributed by atoms with Gasteiger partial charge in [0.2, 0.25) is 0 Å². The summed E-state index contributed by atoms with van der Waals surface area (Å²) in [6, 6.07) is 15.0. The van der Waals surface area contributed by atoms with Gasteiger partial charge in [-0.2, -0.15) is 0 Å². The molecule has 1 aliphatic rings. The molecule has 0 bridgehead atoms. The number of halogens is 1. The number of piperidine rings is 1. The third-order valence-corrected chi connectivity index (χ3v) is 4.71. The van der Waals surface area contributed by atoms with Crippen molar-refractivity contribution in [2.24, 2.45) is 4.99 Å². The smallest absolute Gasteiger partial charge is 0.191 e. The fourth-order valence-electron chi connectivity index (χ4n) is 3.24. The van der Waals surface area contributed by atoms with Crippen LogP contribution in [0.2, 0.25) is 0 Å². The highest BCUT2D eigenvalue weighted by Gasteiger charge is 2.20. The number of nitrogens with one attached hydrogen (secondary N) is 2. The van der Waals surface area contributed by atoms with Gasteiger partial charge in [-0.15, -0.1) is 24.0 Å². The van der Waals surface area contributed by atoms with Crippen molar-refractivity contribution in [1.82, 2.24) is 10.6 Å². The third-order valence-electron chi connectivity index (χ3n) is 4.71. The van der Waals surface area contributed by atoms with E-state index in [1.807, 2.05) is 19.1 Å². The van der Waals surface area contributed by atoms with Crippen molar-refractivity contribution < 1.29 is 4.42 Å². The fourth-order valence-corrected chi connectivity index (χ4v) is 3.24. The van der Waals surface area contributed by atoms with Crippen LogP contribution in [0.3, 0.4) is 0 Å². The van der Waals surface area contributed by atoms with Crippen molar-refractivity contribution in [2.75, 3.05) is 31.1 Å². The minimum absolute atomic E-state index is 0. The second-order valence-electron chi connectivity index (χ2n) is 7.12. The van der Waals surface area contributed by atoms with Gasteiger partial charge in [0.25, 0.3) is 0 Å². The van der Waals surface area contributed by atoms with Crippen LogP contribution in [0.15, 0.2) is 70.3 Å². The zero-order chi connectivity index (χ0) is 18.9. The summed E-state index contributed by atoms with van der Waals surface area (Å²) in [7, 11) is 0. The van der Waals surface area contributed by atoms with Crippen molar-refractivity contribution in [1.29, 1.82) is 0 Å². The van der Waals surface area contributed by atoms with E-state index in [-0.39, 0.29) is 24.0 Å². The van der Waals surface area contributed by atoms with Crippen LogP contribution < -0.4 is 15.5 Å². The summed E-state index contributed by atoms with van der Waals surface area (Å²) in [4.78, 5) is 7.12. The molecule has 28 heavy (non-hydrogen) atoms. The first kappa shape index (κ1) is 22.3. The van der Waals surface area contributed by atoms with Gasteiger partial charge in [0.1, 0.15) is 5.76 Å². The van der Waals surface area contributed by atoms with Gasteiger partial charge in [0, 0.05) is 37.8 Å². The van der Waals surface area contributed by atoms with Gasteiger partial charge in [0.05, 0.1) is 12.8 Å². The predicted octanol–water partition coefficient (Wildman–Crippen LogP) is 4.22.